The molecule has 154 valence electrons. The summed E-state index contributed by atoms with van der Waals surface area (Å²) in [7, 11) is 0. The number of benzene rings is 3. The van der Waals surface area contributed by atoms with E-state index in [4.69, 9.17) is 4.74 Å². The van der Waals surface area contributed by atoms with Crippen LogP contribution in [0.3, 0.4) is 0 Å². The Morgan fingerprint density at radius 3 is 2.13 bits per heavy atom. The molecule has 31 heavy (non-hydrogen) atoms. The van der Waals surface area contributed by atoms with Gasteiger partial charge in [0.25, 0.3) is 0 Å². The monoisotopic (exact) mass is 411 g/mol. The highest BCUT2D eigenvalue weighted by atomic mass is 16.5. The number of Topliss-reactive ketones (excluding diaryl/α,β-unsaturated/α-hetero) is 1. The lowest BCUT2D eigenvalue weighted by atomic mass is 9.98. The first-order valence-corrected chi connectivity index (χ1v) is 9.93. The minimum atomic E-state index is -1.13. The number of hydrogen-bond acceptors (Lipinski definition) is 4. The van der Waals surface area contributed by atoms with Crippen LogP contribution >= 0.6 is 0 Å². The second-order valence-corrected chi connectivity index (χ2v) is 7.52. The summed E-state index contributed by atoms with van der Waals surface area (Å²) in [6.45, 7) is 3.87. The first-order valence-electron chi connectivity index (χ1n) is 9.93. The fraction of sp³-hybridized carbons (Fsp3) is 0.115. The number of para-hydroxylation sites is 1. The van der Waals surface area contributed by atoms with Crippen LogP contribution in [0.2, 0.25) is 0 Å². The molecule has 0 amide bonds. The molecule has 5 nitrogen and oxygen atoms in total. The molecule has 1 atom stereocenters. The van der Waals surface area contributed by atoms with Gasteiger partial charge in [0.15, 0.2) is 11.5 Å². The molecule has 1 N–H and O–H groups in total. The van der Waals surface area contributed by atoms with Crippen LogP contribution in [0, 0.1) is 13.8 Å². The van der Waals surface area contributed by atoms with Gasteiger partial charge in [0.05, 0.1) is 0 Å². The number of ether oxygens (including phenoxy) is 1. The Kier molecular flexibility index (Phi) is 5.50. The predicted octanol–water partition coefficient (Wildman–Crippen LogP) is 4.93. The molecular weight excluding hydrogens is 390 g/mol. The van der Waals surface area contributed by atoms with Crippen molar-refractivity contribution in [3.05, 3.63) is 117 Å². The summed E-state index contributed by atoms with van der Waals surface area (Å²) < 4.78 is 5.65. The molecule has 0 saturated heterocycles. The molecule has 0 unspecified atom stereocenters. The van der Waals surface area contributed by atoms with Crippen molar-refractivity contribution < 1.29 is 14.3 Å². The summed E-state index contributed by atoms with van der Waals surface area (Å²) in [5, 5.41) is 0.477. The normalized spacial score (nSPS) is 11.8. The van der Waals surface area contributed by atoms with E-state index in [2.05, 4.69) is 4.98 Å². The van der Waals surface area contributed by atoms with E-state index in [1.54, 1.807) is 48.5 Å². The van der Waals surface area contributed by atoms with Gasteiger partial charge < -0.3 is 9.72 Å². The van der Waals surface area contributed by atoms with E-state index >= 15 is 0 Å². The van der Waals surface area contributed by atoms with E-state index < -0.39 is 12.1 Å². The van der Waals surface area contributed by atoms with Gasteiger partial charge in [-0.05, 0) is 26.0 Å². The third-order valence-corrected chi connectivity index (χ3v) is 5.14. The van der Waals surface area contributed by atoms with E-state index in [0.717, 1.165) is 11.1 Å². The highest BCUT2D eigenvalue weighted by Crippen LogP contribution is 2.25. The summed E-state index contributed by atoms with van der Waals surface area (Å²) in [4.78, 5) is 41.5. The van der Waals surface area contributed by atoms with Crippen molar-refractivity contribution in [3.63, 3.8) is 0 Å². The molecule has 1 heterocycles. The number of H-pyrrole nitrogens is 1. The first-order chi connectivity index (χ1) is 14.9. The summed E-state index contributed by atoms with van der Waals surface area (Å²) >= 11 is 0. The van der Waals surface area contributed by atoms with Crippen molar-refractivity contribution >= 4 is 22.7 Å². The maximum atomic E-state index is 13.2. The minimum absolute atomic E-state index is 0.00230. The van der Waals surface area contributed by atoms with Crippen molar-refractivity contribution in [1.29, 1.82) is 0 Å². The summed E-state index contributed by atoms with van der Waals surface area (Å²) in [5.74, 6) is -1.10. The van der Waals surface area contributed by atoms with Gasteiger partial charge in [-0.1, -0.05) is 71.8 Å². The number of fused-ring (bicyclic) bond motifs is 1. The number of carbonyl (C=O) groups is 2. The first kappa shape index (κ1) is 20.3. The van der Waals surface area contributed by atoms with E-state index in [9.17, 15) is 14.4 Å². The average molecular weight is 411 g/mol. The van der Waals surface area contributed by atoms with Crippen LogP contribution in [-0.2, 0) is 4.74 Å². The maximum absolute atomic E-state index is 13.2. The zero-order chi connectivity index (χ0) is 22.0. The standard InChI is InChI=1S/C26H21NO4/c1-16-7-11-18(12-8-16)24(29)25(19-13-9-17(2)10-14-19)31-26(30)22-15-23(28)20-5-3-4-6-21(20)27-22/h3-15,25H,1-2H3,(H,27,28)/t25-/m0/s1. The van der Waals surface area contributed by atoms with E-state index in [1.165, 1.54) is 6.07 Å². The van der Waals surface area contributed by atoms with Crippen molar-refractivity contribution in [2.45, 2.75) is 20.0 Å². The molecule has 4 aromatic rings. The van der Waals surface area contributed by atoms with Gasteiger partial charge in [-0.2, -0.15) is 0 Å². The lowest BCUT2D eigenvalue weighted by molar-refractivity contribution is 0.0274. The topological polar surface area (TPSA) is 76.2 Å². The highest BCUT2D eigenvalue weighted by molar-refractivity contribution is 6.02. The fourth-order valence-corrected chi connectivity index (χ4v) is 3.36. The molecule has 0 aliphatic heterocycles. The number of ketones is 1. The van der Waals surface area contributed by atoms with Gasteiger partial charge >= 0.3 is 5.97 Å². The van der Waals surface area contributed by atoms with Crippen LogP contribution < -0.4 is 5.43 Å². The number of aryl methyl sites for hydroxylation is 2. The number of carbonyl (C=O) groups excluding carboxylic acids is 2. The molecule has 5 heteroatoms. The number of esters is 1. The van der Waals surface area contributed by atoms with Crippen LogP contribution in [0.5, 0.6) is 0 Å². The van der Waals surface area contributed by atoms with E-state index in [1.807, 2.05) is 38.1 Å². The van der Waals surface area contributed by atoms with Crippen molar-refractivity contribution in [2.75, 3.05) is 0 Å². The Morgan fingerprint density at radius 2 is 1.45 bits per heavy atom. The van der Waals surface area contributed by atoms with Crippen LogP contribution in [0.1, 0.15) is 43.6 Å². The zero-order valence-corrected chi connectivity index (χ0v) is 17.2. The van der Waals surface area contributed by atoms with E-state index in [0.29, 0.717) is 22.0 Å². The molecular formula is C26H21NO4. The fourth-order valence-electron chi connectivity index (χ4n) is 3.36. The molecule has 0 radical (unpaired) electrons. The lowest BCUT2D eigenvalue weighted by Crippen LogP contribution is -2.22. The minimum Gasteiger partial charge on any atom is -0.444 e. The van der Waals surface area contributed by atoms with Crippen LogP contribution in [0.25, 0.3) is 10.9 Å². The van der Waals surface area contributed by atoms with Crippen molar-refractivity contribution in [1.82, 2.24) is 4.98 Å². The van der Waals surface area contributed by atoms with Gasteiger partial charge in [0, 0.05) is 28.1 Å². The number of nitrogens with one attached hydrogen (secondary N) is 1. The quantitative estimate of drug-likeness (QED) is 0.373. The third kappa shape index (κ3) is 4.31. The Labute approximate surface area is 179 Å². The summed E-state index contributed by atoms with van der Waals surface area (Å²) in [6.07, 6.45) is -1.13. The molecule has 0 saturated carbocycles. The second kappa shape index (κ2) is 8.40. The highest BCUT2D eigenvalue weighted by Gasteiger charge is 2.27. The largest absolute Gasteiger partial charge is 0.444 e. The third-order valence-electron chi connectivity index (χ3n) is 5.14. The van der Waals surface area contributed by atoms with Gasteiger partial charge in [-0.15, -0.1) is 0 Å². The molecule has 0 bridgehead atoms. The van der Waals surface area contributed by atoms with Gasteiger partial charge in [-0.3, -0.25) is 9.59 Å². The molecule has 0 aliphatic carbocycles. The SMILES string of the molecule is Cc1ccc(C(=O)[C@@H](OC(=O)c2cc(=O)c3ccccc3[nH]2)c2ccc(C)cc2)cc1. The number of rotatable bonds is 5. The smallest absolute Gasteiger partial charge is 0.355 e. The maximum Gasteiger partial charge on any atom is 0.355 e. The average Bonchev–Trinajstić information content (AvgIpc) is 2.78. The lowest BCUT2D eigenvalue weighted by Gasteiger charge is -2.18. The van der Waals surface area contributed by atoms with Crippen LogP contribution in [0.4, 0.5) is 0 Å². The Balaban J connectivity index is 1.71. The van der Waals surface area contributed by atoms with E-state index in [-0.39, 0.29) is 16.9 Å². The Bertz CT molecular complexity index is 1320. The molecule has 0 aliphatic rings. The van der Waals surface area contributed by atoms with Gasteiger partial charge in [-0.25, -0.2) is 4.79 Å². The molecule has 1 aromatic heterocycles. The van der Waals surface area contributed by atoms with Gasteiger partial charge in [0.2, 0.25) is 5.78 Å². The van der Waals surface area contributed by atoms with Crippen LogP contribution in [-0.4, -0.2) is 16.7 Å². The zero-order valence-electron chi connectivity index (χ0n) is 17.2. The molecule has 0 fully saturated rings. The predicted molar refractivity (Wildman–Crippen MR) is 119 cm³/mol. The molecule has 0 spiro atoms. The van der Waals surface area contributed by atoms with Gasteiger partial charge in [0.1, 0.15) is 5.69 Å². The van der Waals surface area contributed by atoms with Crippen molar-refractivity contribution in [3.8, 4) is 0 Å². The number of aromatic amines is 1. The molecule has 4 rings (SSSR count). The summed E-state index contributed by atoms with van der Waals surface area (Å²) in [6, 6.07) is 22.5. The Morgan fingerprint density at radius 1 is 0.839 bits per heavy atom. The van der Waals surface area contributed by atoms with Crippen LogP contribution in [0.15, 0.2) is 83.7 Å². The Hall–Kier alpha value is -3.99. The molecule has 3 aromatic carbocycles. The number of pyridine rings is 1. The summed E-state index contributed by atoms with van der Waals surface area (Å²) in [5.41, 5.74) is 3.28. The second-order valence-electron chi connectivity index (χ2n) is 7.52. The number of hydrogen-bond donors (Lipinski definition) is 1. The van der Waals surface area contributed by atoms with Crippen molar-refractivity contribution in [2.24, 2.45) is 0 Å². The number of aromatic nitrogens is 1.